The van der Waals surface area contributed by atoms with Gasteiger partial charge < -0.3 is 9.84 Å². The summed E-state index contributed by atoms with van der Waals surface area (Å²) >= 11 is 11.6. The van der Waals surface area contributed by atoms with Gasteiger partial charge in [0.15, 0.2) is 11.5 Å². The van der Waals surface area contributed by atoms with Crippen LogP contribution in [0.5, 0.6) is 11.5 Å². The molecule has 1 amide bonds. The molecule has 2 N–H and O–H groups in total. The van der Waals surface area contributed by atoms with Gasteiger partial charge in [0, 0.05) is 5.56 Å². The highest BCUT2D eigenvalue weighted by atomic mass is 35.5. The Morgan fingerprint density at radius 1 is 1.23 bits per heavy atom. The predicted octanol–water partition coefficient (Wildman–Crippen LogP) is 3.47. The van der Waals surface area contributed by atoms with Gasteiger partial charge in [-0.05, 0) is 42.0 Å². The van der Waals surface area contributed by atoms with Crippen LogP contribution in [0.2, 0.25) is 10.0 Å². The maximum absolute atomic E-state index is 11.9. The fraction of sp³-hybridized carbons (Fsp3) is 0.0667. The molecule has 0 spiro atoms. The Bertz CT molecular complexity index is 733. The van der Waals surface area contributed by atoms with Crippen LogP contribution in [-0.4, -0.2) is 24.3 Å². The van der Waals surface area contributed by atoms with Gasteiger partial charge in [-0.1, -0.05) is 23.2 Å². The molecular weight excluding hydrogens is 327 g/mol. The zero-order valence-corrected chi connectivity index (χ0v) is 13.0. The highest BCUT2D eigenvalue weighted by molar-refractivity contribution is 6.42. The molecule has 0 fully saturated rings. The molecular formula is C15H12Cl2N2O3. The summed E-state index contributed by atoms with van der Waals surface area (Å²) in [4.78, 5) is 11.9. The van der Waals surface area contributed by atoms with Gasteiger partial charge in [-0.2, -0.15) is 5.10 Å². The van der Waals surface area contributed by atoms with Crippen LogP contribution in [-0.2, 0) is 0 Å². The number of phenols is 1. The van der Waals surface area contributed by atoms with Gasteiger partial charge in [-0.3, -0.25) is 4.79 Å². The molecule has 0 saturated heterocycles. The predicted molar refractivity (Wildman–Crippen MR) is 86.2 cm³/mol. The van der Waals surface area contributed by atoms with E-state index in [0.717, 1.165) is 0 Å². The summed E-state index contributed by atoms with van der Waals surface area (Å²) in [6.07, 6.45) is 1.40. The van der Waals surface area contributed by atoms with E-state index in [1.807, 2.05) is 0 Å². The van der Waals surface area contributed by atoms with E-state index in [1.54, 1.807) is 12.1 Å². The van der Waals surface area contributed by atoms with E-state index in [1.165, 1.54) is 37.6 Å². The van der Waals surface area contributed by atoms with Crippen molar-refractivity contribution >= 4 is 35.3 Å². The van der Waals surface area contributed by atoms with E-state index in [4.69, 9.17) is 27.9 Å². The molecule has 0 aliphatic heterocycles. The molecule has 2 rings (SSSR count). The van der Waals surface area contributed by atoms with Crippen LogP contribution < -0.4 is 10.2 Å². The van der Waals surface area contributed by atoms with Crippen molar-refractivity contribution in [1.82, 2.24) is 5.43 Å². The highest BCUT2D eigenvalue weighted by Gasteiger charge is 2.07. The second kappa shape index (κ2) is 7.15. The Morgan fingerprint density at radius 2 is 2.00 bits per heavy atom. The number of hydrogen-bond acceptors (Lipinski definition) is 4. The summed E-state index contributed by atoms with van der Waals surface area (Å²) in [7, 11) is 1.46. The molecule has 0 heterocycles. The third kappa shape index (κ3) is 3.90. The van der Waals surface area contributed by atoms with Gasteiger partial charge in [0.25, 0.3) is 5.91 Å². The smallest absolute Gasteiger partial charge is 0.271 e. The highest BCUT2D eigenvalue weighted by Crippen LogP contribution is 2.25. The van der Waals surface area contributed by atoms with Crippen molar-refractivity contribution in [3.8, 4) is 11.5 Å². The molecule has 0 radical (unpaired) electrons. The van der Waals surface area contributed by atoms with Crippen LogP contribution in [0.3, 0.4) is 0 Å². The van der Waals surface area contributed by atoms with E-state index in [2.05, 4.69) is 10.5 Å². The van der Waals surface area contributed by atoms with Crippen molar-refractivity contribution in [1.29, 1.82) is 0 Å². The second-order valence-corrected chi connectivity index (χ2v) is 5.07. The SMILES string of the molecule is COc1ccc(/C=N/NC(=O)c2ccc(Cl)c(Cl)c2)cc1O. The molecule has 0 saturated carbocycles. The summed E-state index contributed by atoms with van der Waals surface area (Å²) < 4.78 is 4.93. The number of hydrazone groups is 1. The van der Waals surface area contributed by atoms with E-state index >= 15 is 0 Å². The maximum atomic E-state index is 11.9. The second-order valence-electron chi connectivity index (χ2n) is 4.26. The number of phenolic OH excluding ortho intramolecular Hbond substituents is 1. The Morgan fingerprint density at radius 3 is 2.64 bits per heavy atom. The molecule has 2 aromatic rings. The average molecular weight is 339 g/mol. The van der Waals surface area contributed by atoms with Crippen LogP contribution in [0, 0.1) is 0 Å². The number of benzene rings is 2. The van der Waals surface area contributed by atoms with Crippen LogP contribution >= 0.6 is 23.2 Å². The lowest BCUT2D eigenvalue weighted by Crippen LogP contribution is -2.17. The maximum Gasteiger partial charge on any atom is 0.271 e. The quantitative estimate of drug-likeness (QED) is 0.662. The van der Waals surface area contributed by atoms with Crippen LogP contribution in [0.25, 0.3) is 0 Å². The fourth-order valence-corrected chi connectivity index (χ4v) is 1.95. The standard InChI is InChI=1S/C15H12Cl2N2O3/c1-22-14-5-2-9(6-13(14)20)8-18-19-15(21)10-3-4-11(16)12(17)7-10/h2-8,20H,1H3,(H,19,21)/b18-8+. The summed E-state index contributed by atoms with van der Waals surface area (Å²) in [5.41, 5.74) is 3.30. The van der Waals surface area contributed by atoms with Crippen LogP contribution in [0.15, 0.2) is 41.5 Å². The molecule has 114 valence electrons. The first-order valence-corrected chi connectivity index (χ1v) is 6.92. The van der Waals surface area contributed by atoms with Crippen molar-refractivity contribution in [3.63, 3.8) is 0 Å². The zero-order chi connectivity index (χ0) is 16.1. The molecule has 22 heavy (non-hydrogen) atoms. The minimum atomic E-state index is -0.424. The third-order valence-corrected chi connectivity index (χ3v) is 3.50. The van der Waals surface area contributed by atoms with E-state index in [0.29, 0.717) is 26.9 Å². The summed E-state index contributed by atoms with van der Waals surface area (Å²) in [6.45, 7) is 0. The number of ether oxygens (including phenoxy) is 1. The molecule has 0 bridgehead atoms. The lowest BCUT2D eigenvalue weighted by Gasteiger charge is -2.03. The normalized spacial score (nSPS) is 10.7. The van der Waals surface area contributed by atoms with Gasteiger partial charge in [0.2, 0.25) is 0 Å². The number of hydrogen-bond donors (Lipinski definition) is 2. The Hall–Kier alpha value is -2.24. The first kappa shape index (κ1) is 16.1. The topological polar surface area (TPSA) is 70.9 Å². The number of carbonyl (C=O) groups excluding carboxylic acids is 1. The molecule has 0 aromatic heterocycles. The van der Waals surface area contributed by atoms with Gasteiger partial charge in [0.1, 0.15) is 0 Å². The molecule has 5 nitrogen and oxygen atoms in total. The first-order valence-electron chi connectivity index (χ1n) is 6.16. The van der Waals surface area contributed by atoms with E-state index in [9.17, 15) is 9.90 Å². The minimum absolute atomic E-state index is 0.0118. The summed E-state index contributed by atoms with van der Waals surface area (Å²) in [6, 6.07) is 9.27. The number of rotatable bonds is 4. The zero-order valence-electron chi connectivity index (χ0n) is 11.5. The molecule has 7 heteroatoms. The number of nitrogens with one attached hydrogen (secondary N) is 1. The molecule has 0 aliphatic rings. The Balaban J connectivity index is 2.04. The van der Waals surface area contributed by atoms with Crippen molar-refractivity contribution in [2.75, 3.05) is 7.11 Å². The number of halogens is 2. The molecule has 0 unspecified atom stereocenters. The molecule has 0 aliphatic carbocycles. The minimum Gasteiger partial charge on any atom is -0.504 e. The lowest BCUT2D eigenvalue weighted by atomic mass is 10.2. The number of methoxy groups -OCH3 is 1. The molecule has 2 aromatic carbocycles. The van der Waals surface area contributed by atoms with Gasteiger partial charge in [-0.15, -0.1) is 0 Å². The van der Waals surface area contributed by atoms with Crippen LogP contribution in [0.4, 0.5) is 0 Å². The number of carbonyl (C=O) groups is 1. The number of nitrogens with zero attached hydrogens (tertiary/aromatic N) is 1. The van der Waals surface area contributed by atoms with Gasteiger partial charge in [-0.25, -0.2) is 5.43 Å². The van der Waals surface area contributed by atoms with Crippen molar-refractivity contribution in [3.05, 3.63) is 57.6 Å². The third-order valence-electron chi connectivity index (χ3n) is 2.76. The Kier molecular flexibility index (Phi) is 5.25. The molecule has 0 atom stereocenters. The van der Waals surface area contributed by atoms with E-state index < -0.39 is 5.91 Å². The van der Waals surface area contributed by atoms with Crippen LogP contribution in [0.1, 0.15) is 15.9 Å². The van der Waals surface area contributed by atoms with Gasteiger partial charge in [0.05, 0.1) is 23.4 Å². The largest absolute Gasteiger partial charge is 0.504 e. The number of aromatic hydroxyl groups is 1. The van der Waals surface area contributed by atoms with Gasteiger partial charge >= 0.3 is 0 Å². The number of amides is 1. The van der Waals surface area contributed by atoms with E-state index in [-0.39, 0.29) is 5.75 Å². The monoisotopic (exact) mass is 338 g/mol. The summed E-state index contributed by atoms with van der Waals surface area (Å²) in [5.74, 6) is -0.0770. The fourth-order valence-electron chi connectivity index (χ4n) is 1.65. The van der Waals surface area contributed by atoms with Crippen molar-refractivity contribution in [2.24, 2.45) is 5.10 Å². The first-order chi connectivity index (χ1) is 10.5. The Labute approximate surface area is 137 Å². The van der Waals surface area contributed by atoms with Crippen molar-refractivity contribution in [2.45, 2.75) is 0 Å². The van der Waals surface area contributed by atoms with Crippen molar-refractivity contribution < 1.29 is 14.6 Å². The average Bonchev–Trinajstić information content (AvgIpc) is 2.50. The lowest BCUT2D eigenvalue weighted by molar-refractivity contribution is 0.0955. The summed E-state index contributed by atoms with van der Waals surface area (Å²) in [5, 5.41) is 14.1.